The van der Waals surface area contributed by atoms with Crippen molar-refractivity contribution >= 4 is 16.7 Å². The Morgan fingerprint density at radius 2 is 1.91 bits per heavy atom. The zero-order chi connectivity index (χ0) is 15.5. The van der Waals surface area contributed by atoms with Crippen molar-refractivity contribution in [3.05, 3.63) is 58.8 Å². The zero-order valence-electron chi connectivity index (χ0n) is 12.3. The largest absolute Gasteiger partial charge is 0.493 e. The molecular weight excluding hydrogens is 278 g/mol. The minimum atomic E-state index is -0.111. The summed E-state index contributed by atoms with van der Waals surface area (Å²) in [6.45, 7) is 2.59. The Balaban J connectivity index is 2.13. The Morgan fingerprint density at radius 1 is 1.14 bits per heavy atom. The standard InChI is InChI=1S/C18H17NO3/c1-2-10-21-15-4-3-5-16-18(15)14(20)11-17(22-16)12-6-8-13(19)9-7-12/h3-9,11H,2,10,19H2,1H3. The first-order valence-corrected chi connectivity index (χ1v) is 7.24. The second-order valence-corrected chi connectivity index (χ2v) is 5.07. The van der Waals surface area contributed by atoms with Crippen molar-refractivity contribution < 1.29 is 9.15 Å². The predicted octanol–water partition coefficient (Wildman–Crippen LogP) is 3.83. The topological polar surface area (TPSA) is 65.5 Å². The molecule has 0 saturated carbocycles. The molecule has 2 N–H and O–H groups in total. The summed E-state index contributed by atoms with van der Waals surface area (Å²) in [5.74, 6) is 1.09. The Bertz CT molecular complexity index is 850. The van der Waals surface area contributed by atoms with Crippen LogP contribution in [-0.2, 0) is 0 Å². The second kappa shape index (κ2) is 5.93. The number of benzene rings is 2. The number of ether oxygens (including phenoxy) is 1. The van der Waals surface area contributed by atoms with Crippen LogP contribution in [-0.4, -0.2) is 6.61 Å². The third-order valence-electron chi connectivity index (χ3n) is 3.37. The van der Waals surface area contributed by atoms with E-state index in [1.54, 1.807) is 24.3 Å². The van der Waals surface area contributed by atoms with Crippen molar-refractivity contribution in [2.75, 3.05) is 12.3 Å². The van der Waals surface area contributed by atoms with Crippen LogP contribution in [0.25, 0.3) is 22.3 Å². The van der Waals surface area contributed by atoms with Crippen LogP contribution >= 0.6 is 0 Å². The van der Waals surface area contributed by atoms with Gasteiger partial charge in [0, 0.05) is 17.3 Å². The highest BCUT2D eigenvalue weighted by molar-refractivity contribution is 5.84. The number of nitrogen functional groups attached to an aromatic ring is 1. The van der Waals surface area contributed by atoms with Crippen LogP contribution in [0.1, 0.15) is 13.3 Å². The Labute approximate surface area is 128 Å². The molecule has 0 bridgehead atoms. The van der Waals surface area contributed by atoms with Gasteiger partial charge in [0.25, 0.3) is 0 Å². The first-order chi connectivity index (χ1) is 10.7. The molecule has 2 aromatic carbocycles. The van der Waals surface area contributed by atoms with E-state index in [0.29, 0.717) is 34.8 Å². The number of anilines is 1. The van der Waals surface area contributed by atoms with Gasteiger partial charge in [0.2, 0.25) is 0 Å². The molecule has 0 fully saturated rings. The minimum absolute atomic E-state index is 0.111. The molecular formula is C18H17NO3. The fraction of sp³-hybridized carbons (Fsp3) is 0.167. The van der Waals surface area contributed by atoms with Crippen LogP contribution in [0.4, 0.5) is 5.69 Å². The highest BCUT2D eigenvalue weighted by Crippen LogP contribution is 2.27. The number of fused-ring (bicyclic) bond motifs is 1. The summed E-state index contributed by atoms with van der Waals surface area (Å²) in [7, 11) is 0. The van der Waals surface area contributed by atoms with E-state index in [2.05, 4.69) is 0 Å². The van der Waals surface area contributed by atoms with E-state index in [4.69, 9.17) is 14.9 Å². The van der Waals surface area contributed by atoms with Gasteiger partial charge in [0.15, 0.2) is 5.43 Å². The normalized spacial score (nSPS) is 10.8. The summed E-state index contributed by atoms with van der Waals surface area (Å²) in [6, 6.07) is 14.1. The maximum atomic E-state index is 12.5. The molecule has 0 aliphatic carbocycles. The molecule has 3 rings (SSSR count). The summed E-state index contributed by atoms with van der Waals surface area (Å²) >= 11 is 0. The average molecular weight is 295 g/mol. The molecule has 22 heavy (non-hydrogen) atoms. The molecule has 1 aromatic heterocycles. The van der Waals surface area contributed by atoms with E-state index >= 15 is 0 Å². The van der Waals surface area contributed by atoms with Crippen LogP contribution < -0.4 is 15.9 Å². The van der Waals surface area contributed by atoms with Crippen molar-refractivity contribution in [1.82, 2.24) is 0 Å². The summed E-state index contributed by atoms with van der Waals surface area (Å²) in [4.78, 5) is 12.5. The molecule has 4 heteroatoms. The quantitative estimate of drug-likeness (QED) is 0.743. The lowest BCUT2D eigenvalue weighted by Crippen LogP contribution is -2.04. The van der Waals surface area contributed by atoms with E-state index in [0.717, 1.165) is 12.0 Å². The molecule has 3 aromatic rings. The van der Waals surface area contributed by atoms with Crippen molar-refractivity contribution in [3.8, 4) is 17.1 Å². The maximum absolute atomic E-state index is 12.5. The van der Waals surface area contributed by atoms with Crippen LogP contribution in [0.2, 0.25) is 0 Å². The first kappa shape index (κ1) is 14.2. The molecule has 4 nitrogen and oxygen atoms in total. The lowest BCUT2D eigenvalue weighted by atomic mass is 10.1. The Hall–Kier alpha value is -2.75. The molecule has 1 heterocycles. The van der Waals surface area contributed by atoms with E-state index in [9.17, 15) is 4.79 Å². The van der Waals surface area contributed by atoms with Crippen LogP contribution in [0, 0.1) is 0 Å². The average Bonchev–Trinajstić information content (AvgIpc) is 2.53. The van der Waals surface area contributed by atoms with Crippen LogP contribution in [0.5, 0.6) is 5.75 Å². The van der Waals surface area contributed by atoms with Gasteiger partial charge in [-0.1, -0.05) is 13.0 Å². The molecule has 0 amide bonds. The summed E-state index contributed by atoms with van der Waals surface area (Å²) in [5.41, 5.74) is 7.57. The van der Waals surface area contributed by atoms with E-state index < -0.39 is 0 Å². The van der Waals surface area contributed by atoms with Crippen LogP contribution in [0.3, 0.4) is 0 Å². The lowest BCUT2D eigenvalue weighted by molar-refractivity contribution is 0.320. The van der Waals surface area contributed by atoms with Gasteiger partial charge in [-0.25, -0.2) is 0 Å². The van der Waals surface area contributed by atoms with Crippen molar-refractivity contribution in [3.63, 3.8) is 0 Å². The monoisotopic (exact) mass is 295 g/mol. The SMILES string of the molecule is CCCOc1cccc2oc(-c3ccc(N)cc3)cc(=O)c12. The van der Waals surface area contributed by atoms with E-state index in [1.807, 2.05) is 25.1 Å². The number of hydrogen-bond acceptors (Lipinski definition) is 4. The molecule has 0 radical (unpaired) electrons. The number of nitrogens with two attached hydrogens (primary N) is 1. The van der Waals surface area contributed by atoms with E-state index in [-0.39, 0.29) is 5.43 Å². The fourth-order valence-electron chi connectivity index (χ4n) is 2.30. The Kier molecular flexibility index (Phi) is 3.83. The number of hydrogen-bond donors (Lipinski definition) is 1. The van der Waals surface area contributed by atoms with Gasteiger partial charge < -0.3 is 14.9 Å². The minimum Gasteiger partial charge on any atom is -0.493 e. The van der Waals surface area contributed by atoms with Crippen molar-refractivity contribution in [2.45, 2.75) is 13.3 Å². The lowest BCUT2D eigenvalue weighted by Gasteiger charge is -2.08. The van der Waals surface area contributed by atoms with Gasteiger partial charge in [-0.3, -0.25) is 4.79 Å². The fourth-order valence-corrected chi connectivity index (χ4v) is 2.30. The van der Waals surface area contributed by atoms with Gasteiger partial charge >= 0.3 is 0 Å². The molecule has 0 unspecified atom stereocenters. The molecule has 112 valence electrons. The van der Waals surface area contributed by atoms with Gasteiger partial charge in [0.05, 0.1) is 6.61 Å². The molecule has 0 saturated heterocycles. The molecule has 0 spiro atoms. The van der Waals surface area contributed by atoms with Crippen molar-refractivity contribution in [1.29, 1.82) is 0 Å². The number of rotatable bonds is 4. The van der Waals surface area contributed by atoms with Crippen LogP contribution in [0.15, 0.2) is 57.7 Å². The highest BCUT2D eigenvalue weighted by Gasteiger charge is 2.11. The third kappa shape index (κ3) is 2.68. The van der Waals surface area contributed by atoms with Crippen molar-refractivity contribution in [2.24, 2.45) is 0 Å². The predicted molar refractivity (Wildman–Crippen MR) is 88.1 cm³/mol. The van der Waals surface area contributed by atoms with E-state index in [1.165, 1.54) is 6.07 Å². The second-order valence-electron chi connectivity index (χ2n) is 5.07. The van der Waals surface area contributed by atoms with Gasteiger partial charge in [-0.15, -0.1) is 0 Å². The molecule has 0 aliphatic heterocycles. The smallest absolute Gasteiger partial charge is 0.197 e. The Morgan fingerprint density at radius 3 is 2.64 bits per heavy atom. The maximum Gasteiger partial charge on any atom is 0.197 e. The first-order valence-electron chi connectivity index (χ1n) is 7.24. The van der Waals surface area contributed by atoms with Gasteiger partial charge in [-0.05, 0) is 42.8 Å². The zero-order valence-corrected chi connectivity index (χ0v) is 12.3. The molecule has 0 atom stereocenters. The summed E-state index contributed by atoms with van der Waals surface area (Å²) in [5, 5.41) is 0.482. The van der Waals surface area contributed by atoms with Gasteiger partial charge in [-0.2, -0.15) is 0 Å². The molecule has 0 aliphatic rings. The highest BCUT2D eigenvalue weighted by atomic mass is 16.5. The van der Waals surface area contributed by atoms with Gasteiger partial charge in [0.1, 0.15) is 22.5 Å². The third-order valence-corrected chi connectivity index (χ3v) is 3.37. The summed E-state index contributed by atoms with van der Waals surface area (Å²) in [6.07, 6.45) is 0.880. The summed E-state index contributed by atoms with van der Waals surface area (Å²) < 4.78 is 11.5.